The molecule has 0 saturated heterocycles. The van der Waals surface area contributed by atoms with E-state index < -0.39 is 6.10 Å². The van der Waals surface area contributed by atoms with Crippen LogP contribution in [0.3, 0.4) is 0 Å². The molecule has 4 heteroatoms. The summed E-state index contributed by atoms with van der Waals surface area (Å²) in [5, 5.41) is 11.5. The summed E-state index contributed by atoms with van der Waals surface area (Å²) in [7, 11) is 0. The molecular formula is C12H16N2O2. The van der Waals surface area contributed by atoms with E-state index in [2.05, 4.69) is 5.32 Å². The van der Waals surface area contributed by atoms with Crippen LogP contribution >= 0.6 is 0 Å². The maximum absolute atomic E-state index is 11.3. The maximum atomic E-state index is 11.3. The molecule has 0 spiro atoms. The Balaban J connectivity index is 2.47. The second kappa shape index (κ2) is 5.92. The van der Waals surface area contributed by atoms with E-state index >= 15 is 0 Å². The van der Waals surface area contributed by atoms with E-state index in [9.17, 15) is 4.79 Å². The topological polar surface area (TPSA) is 75.3 Å². The van der Waals surface area contributed by atoms with Gasteiger partial charge in [-0.25, -0.2) is 0 Å². The zero-order chi connectivity index (χ0) is 12.0. The molecule has 0 aliphatic heterocycles. The monoisotopic (exact) mass is 220 g/mol. The van der Waals surface area contributed by atoms with E-state index in [4.69, 9.17) is 10.8 Å². The Bertz CT molecular complexity index is 369. The molecule has 0 bridgehead atoms. The van der Waals surface area contributed by atoms with Crippen LogP contribution in [0.5, 0.6) is 0 Å². The molecule has 4 nitrogen and oxygen atoms in total. The van der Waals surface area contributed by atoms with E-state index in [-0.39, 0.29) is 12.5 Å². The molecule has 0 radical (unpaired) electrons. The van der Waals surface area contributed by atoms with Crippen molar-refractivity contribution in [2.24, 2.45) is 0 Å². The van der Waals surface area contributed by atoms with Crippen LogP contribution < -0.4 is 11.1 Å². The van der Waals surface area contributed by atoms with E-state index in [0.717, 1.165) is 5.56 Å². The molecule has 0 saturated carbocycles. The van der Waals surface area contributed by atoms with Gasteiger partial charge in [0.15, 0.2) is 0 Å². The van der Waals surface area contributed by atoms with Crippen LogP contribution in [-0.2, 0) is 4.79 Å². The summed E-state index contributed by atoms with van der Waals surface area (Å²) in [6.07, 6.45) is 2.58. The number of rotatable bonds is 4. The van der Waals surface area contributed by atoms with Gasteiger partial charge in [0.05, 0.1) is 6.10 Å². The number of nitrogen functional groups attached to an aromatic ring is 1. The predicted octanol–water partition coefficient (Wildman–Crippen LogP) is 0.779. The normalized spacial score (nSPS) is 12.6. The zero-order valence-corrected chi connectivity index (χ0v) is 9.18. The molecule has 86 valence electrons. The first-order valence-corrected chi connectivity index (χ1v) is 5.07. The smallest absolute Gasteiger partial charge is 0.244 e. The van der Waals surface area contributed by atoms with E-state index in [1.54, 1.807) is 25.1 Å². The van der Waals surface area contributed by atoms with Gasteiger partial charge < -0.3 is 16.2 Å². The van der Waals surface area contributed by atoms with Gasteiger partial charge in [0.25, 0.3) is 0 Å². The predicted molar refractivity (Wildman–Crippen MR) is 64.6 cm³/mol. The number of carbonyl (C=O) groups excluding carboxylic acids is 1. The summed E-state index contributed by atoms with van der Waals surface area (Å²) in [5.74, 6) is -0.224. The number of hydrogen-bond donors (Lipinski definition) is 3. The lowest BCUT2D eigenvalue weighted by Crippen LogP contribution is -2.28. The highest BCUT2D eigenvalue weighted by Crippen LogP contribution is 2.06. The average molecular weight is 220 g/mol. The van der Waals surface area contributed by atoms with E-state index in [0.29, 0.717) is 5.69 Å². The first-order chi connectivity index (χ1) is 7.58. The minimum Gasteiger partial charge on any atom is -0.399 e. The molecule has 0 aliphatic rings. The van der Waals surface area contributed by atoms with Crippen LogP contribution in [0.1, 0.15) is 12.5 Å². The first-order valence-electron chi connectivity index (χ1n) is 5.07. The van der Waals surface area contributed by atoms with Gasteiger partial charge in [-0.05, 0) is 30.7 Å². The number of nitrogens with one attached hydrogen (secondary N) is 1. The van der Waals surface area contributed by atoms with Crippen molar-refractivity contribution in [3.05, 3.63) is 35.9 Å². The Morgan fingerprint density at radius 3 is 2.69 bits per heavy atom. The van der Waals surface area contributed by atoms with Crippen molar-refractivity contribution >= 4 is 17.7 Å². The van der Waals surface area contributed by atoms with Crippen molar-refractivity contribution in [1.82, 2.24) is 5.32 Å². The number of aliphatic hydroxyl groups is 1. The largest absolute Gasteiger partial charge is 0.399 e. The minimum atomic E-state index is -0.533. The summed E-state index contributed by atoms with van der Waals surface area (Å²) < 4.78 is 0. The Labute approximate surface area is 94.8 Å². The van der Waals surface area contributed by atoms with Gasteiger partial charge in [-0.1, -0.05) is 12.1 Å². The third-order valence-electron chi connectivity index (χ3n) is 1.94. The highest BCUT2D eigenvalue weighted by Gasteiger charge is 1.98. The molecular weight excluding hydrogens is 204 g/mol. The summed E-state index contributed by atoms with van der Waals surface area (Å²) in [6, 6.07) is 7.20. The first kappa shape index (κ1) is 12.3. The van der Waals surface area contributed by atoms with E-state index in [1.165, 1.54) is 6.08 Å². The molecule has 1 aromatic carbocycles. The second-order valence-electron chi connectivity index (χ2n) is 3.59. The molecule has 1 aromatic rings. The van der Waals surface area contributed by atoms with Crippen molar-refractivity contribution in [2.75, 3.05) is 12.3 Å². The lowest BCUT2D eigenvalue weighted by Gasteiger charge is -2.03. The van der Waals surface area contributed by atoms with Crippen molar-refractivity contribution in [3.63, 3.8) is 0 Å². The molecule has 4 N–H and O–H groups in total. The summed E-state index contributed by atoms with van der Waals surface area (Å²) in [6.45, 7) is 1.87. The number of nitrogens with two attached hydrogens (primary N) is 1. The Kier molecular flexibility index (Phi) is 4.54. The van der Waals surface area contributed by atoms with Gasteiger partial charge in [-0.2, -0.15) is 0 Å². The Hall–Kier alpha value is -1.81. The van der Waals surface area contributed by atoms with Crippen molar-refractivity contribution in [1.29, 1.82) is 0 Å². The Morgan fingerprint density at radius 2 is 2.12 bits per heavy atom. The molecule has 1 rings (SSSR count). The molecule has 0 aliphatic carbocycles. The number of aliphatic hydroxyl groups excluding tert-OH is 1. The molecule has 0 aromatic heterocycles. The fourth-order valence-electron chi connectivity index (χ4n) is 1.09. The van der Waals surface area contributed by atoms with Crippen LogP contribution in [-0.4, -0.2) is 23.7 Å². The van der Waals surface area contributed by atoms with Gasteiger partial charge >= 0.3 is 0 Å². The third-order valence-corrected chi connectivity index (χ3v) is 1.94. The van der Waals surface area contributed by atoms with Crippen LogP contribution in [0.25, 0.3) is 6.08 Å². The number of hydrogen-bond acceptors (Lipinski definition) is 3. The summed E-state index contributed by atoms with van der Waals surface area (Å²) in [5.41, 5.74) is 7.13. The second-order valence-corrected chi connectivity index (χ2v) is 3.59. The number of anilines is 1. The fourth-order valence-corrected chi connectivity index (χ4v) is 1.09. The highest BCUT2D eigenvalue weighted by molar-refractivity contribution is 5.91. The van der Waals surface area contributed by atoms with Gasteiger partial charge in [-0.3, -0.25) is 4.79 Å². The standard InChI is InChI=1S/C12H16N2O2/c1-9(15)8-14-12(16)7-4-10-2-5-11(13)6-3-10/h2-7,9,15H,8,13H2,1H3,(H,14,16)/b7-4+/t9-/m0/s1. The molecule has 1 atom stereocenters. The van der Waals surface area contributed by atoms with Crippen LogP contribution in [0.4, 0.5) is 5.69 Å². The van der Waals surface area contributed by atoms with Crippen molar-refractivity contribution in [2.45, 2.75) is 13.0 Å². The molecule has 1 amide bonds. The number of carbonyl (C=O) groups is 1. The third kappa shape index (κ3) is 4.61. The lowest BCUT2D eigenvalue weighted by molar-refractivity contribution is -0.116. The summed E-state index contributed by atoms with van der Waals surface area (Å²) in [4.78, 5) is 11.3. The zero-order valence-electron chi connectivity index (χ0n) is 9.18. The molecule has 0 heterocycles. The van der Waals surface area contributed by atoms with Crippen molar-refractivity contribution in [3.8, 4) is 0 Å². The quantitative estimate of drug-likeness (QED) is 0.518. The van der Waals surface area contributed by atoms with Crippen molar-refractivity contribution < 1.29 is 9.90 Å². The minimum absolute atomic E-state index is 0.224. The van der Waals surface area contributed by atoms with Gasteiger partial charge in [0.2, 0.25) is 5.91 Å². The van der Waals surface area contributed by atoms with Crippen LogP contribution in [0, 0.1) is 0 Å². The molecule has 0 fully saturated rings. The van der Waals surface area contributed by atoms with Gasteiger partial charge in [0, 0.05) is 18.3 Å². The fraction of sp³-hybridized carbons (Fsp3) is 0.250. The average Bonchev–Trinajstić information content (AvgIpc) is 2.25. The summed E-state index contributed by atoms with van der Waals surface area (Å²) >= 11 is 0. The van der Waals surface area contributed by atoms with Gasteiger partial charge in [-0.15, -0.1) is 0 Å². The lowest BCUT2D eigenvalue weighted by atomic mass is 10.2. The number of benzene rings is 1. The Morgan fingerprint density at radius 1 is 1.50 bits per heavy atom. The van der Waals surface area contributed by atoms with Crippen LogP contribution in [0.15, 0.2) is 30.3 Å². The highest BCUT2D eigenvalue weighted by atomic mass is 16.3. The maximum Gasteiger partial charge on any atom is 0.244 e. The van der Waals surface area contributed by atoms with Crippen LogP contribution in [0.2, 0.25) is 0 Å². The number of amides is 1. The molecule has 0 unspecified atom stereocenters. The molecule has 16 heavy (non-hydrogen) atoms. The van der Waals surface area contributed by atoms with E-state index in [1.807, 2.05) is 12.1 Å². The van der Waals surface area contributed by atoms with Gasteiger partial charge in [0.1, 0.15) is 0 Å². The SMILES string of the molecule is C[C@H](O)CNC(=O)/C=C/c1ccc(N)cc1.